The third-order valence-electron chi connectivity index (χ3n) is 4.06. The number of carbonyl (C=O) groups is 1. The highest BCUT2D eigenvalue weighted by atomic mass is 79.9. The van der Waals surface area contributed by atoms with Crippen LogP contribution in [0.15, 0.2) is 40.9 Å². The van der Waals surface area contributed by atoms with Crippen molar-refractivity contribution in [3.63, 3.8) is 0 Å². The van der Waals surface area contributed by atoms with Gasteiger partial charge in [0, 0.05) is 16.1 Å². The van der Waals surface area contributed by atoms with Gasteiger partial charge < -0.3 is 5.32 Å². The highest BCUT2D eigenvalue weighted by molar-refractivity contribution is 9.10. The summed E-state index contributed by atoms with van der Waals surface area (Å²) in [6.07, 6.45) is 4.25. The molecule has 1 aliphatic rings. The summed E-state index contributed by atoms with van der Waals surface area (Å²) in [4.78, 5) is 12.4. The molecule has 2 aromatic carbocycles. The lowest BCUT2D eigenvalue weighted by Gasteiger charge is -2.27. The van der Waals surface area contributed by atoms with Crippen LogP contribution in [0, 0.1) is 0 Å². The van der Waals surface area contributed by atoms with Gasteiger partial charge in [-0.25, -0.2) is 0 Å². The van der Waals surface area contributed by atoms with E-state index in [9.17, 15) is 4.79 Å². The second kappa shape index (κ2) is 6.37. The van der Waals surface area contributed by atoms with Crippen LogP contribution >= 0.6 is 27.5 Å². The van der Waals surface area contributed by atoms with E-state index >= 15 is 0 Å². The van der Waals surface area contributed by atoms with Crippen molar-refractivity contribution in [2.45, 2.75) is 37.1 Å². The van der Waals surface area contributed by atoms with E-state index in [1.807, 2.05) is 36.4 Å². The van der Waals surface area contributed by atoms with Gasteiger partial charge in [0.1, 0.15) is 0 Å². The minimum absolute atomic E-state index is 0.0302. The Hall–Kier alpha value is -1.06. The number of hydrogen-bond acceptors (Lipinski definition) is 1. The van der Waals surface area contributed by atoms with Crippen molar-refractivity contribution < 1.29 is 4.79 Å². The van der Waals surface area contributed by atoms with Crippen LogP contribution in [0.5, 0.6) is 0 Å². The van der Waals surface area contributed by atoms with Crippen molar-refractivity contribution in [2.24, 2.45) is 0 Å². The summed E-state index contributed by atoms with van der Waals surface area (Å²) < 4.78 is 1.04. The molecule has 2 unspecified atom stereocenters. The number of halogens is 2. The fourth-order valence-corrected chi connectivity index (χ4v) is 3.58. The van der Waals surface area contributed by atoms with Crippen LogP contribution in [0.1, 0.15) is 36.0 Å². The molecule has 1 aliphatic carbocycles. The number of rotatable bonds is 2. The maximum Gasteiger partial charge on any atom is 0.251 e. The molecule has 0 radical (unpaired) electrons. The molecular weight excluding hydrogens is 350 g/mol. The van der Waals surface area contributed by atoms with Crippen LogP contribution < -0.4 is 5.32 Å². The lowest BCUT2D eigenvalue weighted by atomic mass is 9.94. The topological polar surface area (TPSA) is 29.1 Å². The van der Waals surface area contributed by atoms with Gasteiger partial charge in [-0.2, -0.15) is 0 Å². The molecule has 0 saturated heterocycles. The Labute approximate surface area is 138 Å². The largest absolute Gasteiger partial charge is 0.348 e. The second-order valence-corrected chi connectivity index (χ2v) is 7.06. The van der Waals surface area contributed by atoms with Crippen molar-refractivity contribution >= 4 is 44.2 Å². The molecule has 1 fully saturated rings. The van der Waals surface area contributed by atoms with Gasteiger partial charge in [-0.3, -0.25) is 4.79 Å². The number of amides is 1. The molecule has 0 aromatic heterocycles. The van der Waals surface area contributed by atoms with Gasteiger partial charge >= 0.3 is 0 Å². The summed E-state index contributed by atoms with van der Waals surface area (Å²) in [7, 11) is 0. The predicted octanol–water partition coefficient (Wildman–Crippen LogP) is 4.88. The van der Waals surface area contributed by atoms with Crippen LogP contribution in [0.25, 0.3) is 10.8 Å². The molecule has 1 N–H and O–H groups in total. The Balaban J connectivity index is 1.79. The maximum atomic E-state index is 12.4. The molecule has 2 aromatic rings. The first-order valence-corrected chi connectivity index (χ1v) is 8.51. The highest BCUT2D eigenvalue weighted by Crippen LogP contribution is 2.24. The summed E-state index contributed by atoms with van der Waals surface area (Å²) in [5, 5.41) is 5.32. The SMILES string of the molecule is O=C(NC1CCCCC1Cl)c1ccc2cc(Br)ccc2c1. The zero-order valence-corrected chi connectivity index (χ0v) is 14.0. The van der Waals surface area contributed by atoms with Gasteiger partial charge in [0.25, 0.3) is 5.91 Å². The molecule has 0 bridgehead atoms. The Bertz CT molecular complexity index is 673. The number of fused-ring (bicyclic) bond motifs is 1. The quantitative estimate of drug-likeness (QED) is 0.754. The molecule has 0 heterocycles. The average molecular weight is 367 g/mol. The minimum atomic E-state index is -0.0302. The van der Waals surface area contributed by atoms with Gasteiger partial charge in [0.05, 0.1) is 5.38 Å². The summed E-state index contributed by atoms with van der Waals surface area (Å²) in [6.45, 7) is 0. The monoisotopic (exact) mass is 365 g/mol. The zero-order valence-electron chi connectivity index (χ0n) is 11.6. The number of hydrogen-bond donors (Lipinski definition) is 1. The smallest absolute Gasteiger partial charge is 0.251 e. The van der Waals surface area contributed by atoms with E-state index in [2.05, 4.69) is 21.2 Å². The van der Waals surface area contributed by atoms with E-state index in [4.69, 9.17) is 11.6 Å². The van der Waals surface area contributed by atoms with Crippen LogP contribution in [-0.4, -0.2) is 17.3 Å². The lowest BCUT2D eigenvalue weighted by molar-refractivity contribution is 0.0929. The van der Waals surface area contributed by atoms with Crippen molar-refractivity contribution in [3.05, 3.63) is 46.4 Å². The first-order chi connectivity index (χ1) is 10.1. The van der Waals surface area contributed by atoms with Gasteiger partial charge in [-0.05, 0) is 47.9 Å². The number of nitrogens with one attached hydrogen (secondary N) is 1. The van der Waals surface area contributed by atoms with Crippen LogP contribution in [0.2, 0.25) is 0 Å². The van der Waals surface area contributed by atoms with Crippen molar-refractivity contribution in [2.75, 3.05) is 0 Å². The normalized spacial score (nSPS) is 22.2. The van der Waals surface area contributed by atoms with E-state index < -0.39 is 0 Å². The number of benzene rings is 2. The standard InChI is InChI=1S/C17H17BrClNO/c18-14-8-7-11-9-13(6-5-12(11)10-14)17(21)20-16-4-2-1-3-15(16)19/h5-10,15-16H,1-4H2,(H,20,21). The third-order valence-corrected chi connectivity index (χ3v) is 5.08. The van der Waals surface area contributed by atoms with Gasteiger partial charge in [0.2, 0.25) is 0 Å². The summed E-state index contributed by atoms with van der Waals surface area (Å²) >= 11 is 9.76. The first-order valence-electron chi connectivity index (χ1n) is 7.28. The molecule has 3 rings (SSSR count). The molecule has 1 amide bonds. The van der Waals surface area contributed by atoms with Crippen LogP contribution in [0.3, 0.4) is 0 Å². The summed E-state index contributed by atoms with van der Waals surface area (Å²) in [5.41, 5.74) is 0.694. The van der Waals surface area contributed by atoms with Crippen molar-refractivity contribution in [1.29, 1.82) is 0 Å². The van der Waals surface area contributed by atoms with Gasteiger partial charge in [-0.15, -0.1) is 11.6 Å². The average Bonchev–Trinajstić information content (AvgIpc) is 2.49. The Morgan fingerprint density at radius 2 is 1.81 bits per heavy atom. The fraction of sp³-hybridized carbons (Fsp3) is 0.353. The Morgan fingerprint density at radius 3 is 2.62 bits per heavy atom. The van der Waals surface area contributed by atoms with Crippen molar-refractivity contribution in [3.8, 4) is 0 Å². The van der Waals surface area contributed by atoms with E-state index in [1.165, 1.54) is 0 Å². The van der Waals surface area contributed by atoms with E-state index in [0.717, 1.165) is 40.9 Å². The molecule has 110 valence electrons. The molecule has 0 aliphatic heterocycles. The van der Waals surface area contributed by atoms with Crippen LogP contribution in [0.4, 0.5) is 0 Å². The van der Waals surface area contributed by atoms with Crippen molar-refractivity contribution in [1.82, 2.24) is 5.32 Å². The fourth-order valence-electron chi connectivity index (χ4n) is 2.86. The molecule has 2 atom stereocenters. The summed E-state index contributed by atoms with van der Waals surface area (Å²) in [5.74, 6) is -0.0302. The summed E-state index contributed by atoms with van der Waals surface area (Å²) in [6, 6.07) is 11.9. The Kier molecular flexibility index (Phi) is 4.51. The predicted molar refractivity (Wildman–Crippen MR) is 91.0 cm³/mol. The molecule has 2 nitrogen and oxygen atoms in total. The molecule has 4 heteroatoms. The Morgan fingerprint density at radius 1 is 1.10 bits per heavy atom. The van der Waals surface area contributed by atoms with Crippen LogP contribution in [-0.2, 0) is 0 Å². The lowest BCUT2D eigenvalue weighted by Crippen LogP contribution is -2.42. The second-order valence-electron chi connectivity index (χ2n) is 5.59. The van der Waals surface area contributed by atoms with E-state index in [0.29, 0.717) is 5.56 Å². The van der Waals surface area contributed by atoms with E-state index in [1.54, 1.807) is 0 Å². The number of carbonyl (C=O) groups excluding carboxylic acids is 1. The number of alkyl halides is 1. The molecule has 0 spiro atoms. The van der Waals surface area contributed by atoms with E-state index in [-0.39, 0.29) is 17.3 Å². The maximum absolute atomic E-state index is 12.4. The van der Waals surface area contributed by atoms with Gasteiger partial charge in [-0.1, -0.05) is 40.9 Å². The minimum Gasteiger partial charge on any atom is -0.348 e. The highest BCUT2D eigenvalue weighted by Gasteiger charge is 2.24. The molecule has 1 saturated carbocycles. The third kappa shape index (κ3) is 3.41. The molecule has 21 heavy (non-hydrogen) atoms. The first kappa shape index (κ1) is 14.9. The molecular formula is C17H17BrClNO. The zero-order chi connectivity index (χ0) is 14.8. The van der Waals surface area contributed by atoms with Gasteiger partial charge in [0.15, 0.2) is 0 Å².